The number of carbonyl (C=O) groups is 2. The molecule has 2 atom stereocenters. The number of imide groups is 1. The molecule has 12 heteroatoms. The molecule has 3 aromatic rings. The van der Waals surface area contributed by atoms with Gasteiger partial charge in [-0.3, -0.25) is 19.2 Å². The van der Waals surface area contributed by atoms with Gasteiger partial charge in [0.2, 0.25) is 0 Å². The Kier molecular flexibility index (Phi) is 7.04. The van der Waals surface area contributed by atoms with Gasteiger partial charge in [0.15, 0.2) is 0 Å². The average Bonchev–Trinajstić information content (AvgIpc) is 3.29. The van der Waals surface area contributed by atoms with Crippen molar-refractivity contribution in [3.63, 3.8) is 0 Å². The third-order valence-corrected chi connectivity index (χ3v) is 7.94. The smallest absolute Gasteiger partial charge is 0.303 e. The number of fused-ring (bicyclic) bond motifs is 1. The molecular formula is C26H23ClF4N4O2S. The number of halogens is 5. The number of nitrogens with zero attached hydrogens (tertiary/aromatic N) is 4. The van der Waals surface area contributed by atoms with Crippen LogP contribution in [0, 0.1) is 6.92 Å². The maximum absolute atomic E-state index is 14.6. The molecule has 2 aliphatic heterocycles. The molecule has 200 valence electrons. The minimum absolute atomic E-state index is 0.00510. The van der Waals surface area contributed by atoms with Crippen LogP contribution in [0.15, 0.2) is 41.3 Å². The lowest BCUT2D eigenvalue weighted by atomic mass is 10.0. The molecule has 5 rings (SSSR count). The van der Waals surface area contributed by atoms with E-state index in [1.165, 1.54) is 16.8 Å². The van der Waals surface area contributed by atoms with E-state index in [0.717, 1.165) is 22.7 Å². The summed E-state index contributed by atoms with van der Waals surface area (Å²) in [5.74, 6) is -0.521. The topological polar surface area (TPSA) is 58.4 Å². The fourth-order valence-electron chi connectivity index (χ4n) is 4.93. The molecule has 0 bridgehead atoms. The third-order valence-electron chi connectivity index (χ3n) is 6.82. The third kappa shape index (κ3) is 5.06. The molecule has 0 N–H and O–H groups in total. The molecule has 2 fully saturated rings. The van der Waals surface area contributed by atoms with E-state index in [1.807, 2.05) is 4.90 Å². The Morgan fingerprint density at radius 1 is 1.18 bits per heavy atom. The average molecular weight is 567 g/mol. The number of aromatic nitrogens is 2. The van der Waals surface area contributed by atoms with E-state index in [-0.39, 0.29) is 28.6 Å². The van der Waals surface area contributed by atoms with Crippen LogP contribution in [0.5, 0.6) is 0 Å². The van der Waals surface area contributed by atoms with Crippen LogP contribution < -0.4 is 0 Å². The number of amides is 2. The standard InChI is InChI=1S/C26H23ClF4N4O2S/c1-14-18-9-15(10-23-24(36)35(25(37)38-23)22-7-8-33(2)13-20(22)28)3-6-21(18)34(32-14)12-16-4-5-17(27)11-19(16)26(29,30)31/h3-6,9-11,20,22H,7-8,12-13H2,1-2H3/t20-,22-/m0/s1. The number of thioether (sulfide) groups is 1. The Balaban J connectivity index is 1.42. The number of piperidine rings is 1. The Labute approximate surface area is 225 Å². The lowest BCUT2D eigenvalue weighted by molar-refractivity contribution is -0.138. The second kappa shape index (κ2) is 10.0. The molecule has 0 aliphatic carbocycles. The summed E-state index contributed by atoms with van der Waals surface area (Å²) in [6.07, 6.45) is -3.93. The van der Waals surface area contributed by atoms with Crippen LogP contribution in [0.2, 0.25) is 5.02 Å². The van der Waals surface area contributed by atoms with Crippen LogP contribution >= 0.6 is 23.4 Å². The molecule has 0 radical (unpaired) electrons. The normalized spacial score (nSPS) is 22.3. The number of carbonyl (C=O) groups excluding carboxylic acids is 2. The monoisotopic (exact) mass is 566 g/mol. The lowest BCUT2D eigenvalue weighted by Crippen LogP contribution is -2.52. The van der Waals surface area contributed by atoms with Gasteiger partial charge in [0.25, 0.3) is 11.1 Å². The van der Waals surface area contributed by atoms with Crippen LogP contribution in [0.1, 0.15) is 28.8 Å². The van der Waals surface area contributed by atoms with Crippen LogP contribution in [-0.2, 0) is 17.5 Å². The van der Waals surface area contributed by atoms with Gasteiger partial charge in [-0.05, 0) is 73.6 Å². The fourth-order valence-corrected chi connectivity index (χ4v) is 5.99. The molecule has 3 heterocycles. The van der Waals surface area contributed by atoms with Crippen molar-refractivity contribution in [3.05, 3.63) is 68.7 Å². The molecule has 6 nitrogen and oxygen atoms in total. The highest BCUT2D eigenvalue weighted by Gasteiger charge is 2.44. The zero-order chi connectivity index (χ0) is 27.4. The summed E-state index contributed by atoms with van der Waals surface area (Å²) in [7, 11) is 1.79. The number of hydrogen-bond acceptors (Lipinski definition) is 5. The molecule has 2 saturated heterocycles. The van der Waals surface area contributed by atoms with Crippen LogP contribution in [0.4, 0.5) is 22.4 Å². The van der Waals surface area contributed by atoms with Gasteiger partial charge in [0, 0.05) is 23.5 Å². The maximum atomic E-state index is 14.6. The van der Waals surface area contributed by atoms with Gasteiger partial charge in [-0.15, -0.1) is 0 Å². The fraction of sp³-hybridized carbons (Fsp3) is 0.346. The van der Waals surface area contributed by atoms with E-state index < -0.39 is 35.1 Å². The van der Waals surface area contributed by atoms with Crippen molar-refractivity contribution in [3.8, 4) is 0 Å². The van der Waals surface area contributed by atoms with Gasteiger partial charge in [0.05, 0.1) is 34.3 Å². The van der Waals surface area contributed by atoms with Gasteiger partial charge in [0.1, 0.15) is 6.17 Å². The summed E-state index contributed by atoms with van der Waals surface area (Å²) in [5.41, 5.74) is 1.04. The molecule has 2 aliphatic rings. The minimum atomic E-state index is -4.57. The molecule has 1 aromatic heterocycles. The van der Waals surface area contributed by atoms with E-state index in [1.54, 1.807) is 38.2 Å². The summed E-state index contributed by atoms with van der Waals surface area (Å²) < 4.78 is 56.8. The Hall–Kier alpha value is -2.89. The predicted molar refractivity (Wildman–Crippen MR) is 139 cm³/mol. The second-order valence-electron chi connectivity index (χ2n) is 9.50. The van der Waals surface area contributed by atoms with Crippen LogP contribution in [-0.4, -0.2) is 63.1 Å². The molecule has 2 amide bonds. The lowest BCUT2D eigenvalue weighted by Gasteiger charge is -2.36. The highest BCUT2D eigenvalue weighted by Crippen LogP contribution is 2.37. The van der Waals surface area contributed by atoms with Gasteiger partial charge in [-0.1, -0.05) is 23.7 Å². The summed E-state index contributed by atoms with van der Waals surface area (Å²) in [5, 5.41) is 4.63. The van der Waals surface area contributed by atoms with Crippen molar-refractivity contribution < 1.29 is 27.2 Å². The van der Waals surface area contributed by atoms with Crippen molar-refractivity contribution in [2.45, 2.75) is 38.3 Å². The molecule has 2 aromatic carbocycles. The van der Waals surface area contributed by atoms with Gasteiger partial charge in [-0.25, -0.2) is 4.39 Å². The molecule has 38 heavy (non-hydrogen) atoms. The highest BCUT2D eigenvalue weighted by atomic mass is 35.5. The molecule has 0 spiro atoms. The SMILES string of the molecule is Cc1nn(Cc2ccc(Cl)cc2C(F)(F)F)c2ccc(C=C3SC(=O)N([C@H]4CCN(C)C[C@@H]4F)C3=O)cc12. The summed E-state index contributed by atoms with van der Waals surface area (Å²) >= 11 is 6.57. The Morgan fingerprint density at radius 3 is 2.66 bits per heavy atom. The first kappa shape index (κ1) is 26.7. The zero-order valence-corrected chi connectivity index (χ0v) is 22.0. The number of likely N-dealkylation sites (tertiary alicyclic amines) is 1. The second-order valence-corrected chi connectivity index (χ2v) is 10.9. The first-order valence-corrected chi connectivity index (χ1v) is 13.0. The maximum Gasteiger partial charge on any atom is 0.416 e. The summed E-state index contributed by atoms with van der Waals surface area (Å²) in [6, 6.07) is 8.04. The van der Waals surface area contributed by atoms with E-state index in [0.29, 0.717) is 35.1 Å². The highest BCUT2D eigenvalue weighted by molar-refractivity contribution is 8.18. The first-order chi connectivity index (χ1) is 17.9. The molecule has 0 unspecified atom stereocenters. The van der Waals surface area contributed by atoms with Crippen molar-refractivity contribution in [1.29, 1.82) is 0 Å². The molecular weight excluding hydrogens is 544 g/mol. The Morgan fingerprint density at radius 2 is 1.95 bits per heavy atom. The minimum Gasteiger partial charge on any atom is -0.303 e. The number of benzene rings is 2. The zero-order valence-electron chi connectivity index (χ0n) is 20.4. The van der Waals surface area contributed by atoms with E-state index in [2.05, 4.69) is 5.10 Å². The van der Waals surface area contributed by atoms with Gasteiger partial charge < -0.3 is 4.90 Å². The number of rotatable bonds is 4. The van der Waals surface area contributed by atoms with Crippen LogP contribution in [0.25, 0.3) is 17.0 Å². The van der Waals surface area contributed by atoms with Crippen molar-refractivity contribution in [1.82, 2.24) is 19.6 Å². The largest absolute Gasteiger partial charge is 0.416 e. The predicted octanol–water partition coefficient (Wildman–Crippen LogP) is 6.14. The summed E-state index contributed by atoms with van der Waals surface area (Å²) in [4.78, 5) is 28.7. The van der Waals surface area contributed by atoms with Crippen molar-refractivity contribution in [2.75, 3.05) is 20.1 Å². The number of alkyl halides is 4. The van der Waals surface area contributed by atoms with Crippen LogP contribution in [0.3, 0.4) is 0 Å². The Bertz CT molecular complexity index is 1470. The van der Waals surface area contributed by atoms with Gasteiger partial charge in [-0.2, -0.15) is 18.3 Å². The first-order valence-electron chi connectivity index (χ1n) is 11.8. The number of aryl methyl sites for hydroxylation is 1. The quantitative estimate of drug-likeness (QED) is 0.280. The summed E-state index contributed by atoms with van der Waals surface area (Å²) in [6.45, 7) is 2.37. The van der Waals surface area contributed by atoms with E-state index in [9.17, 15) is 27.2 Å². The number of hydrogen-bond donors (Lipinski definition) is 0. The van der Waals surface area contributed by atoms with Crippen molar-refractivity contribution >= 4 is 51.5 Å². The van der Waals surface area contributed by atoms with E-state index >= 15 is 0 Å². The molecule has 0 saturated carbocycles. The van der Waals surface area contributed by atoms with E-state index in [4.69, 9.17) is 11.6 Å². The van der Waals surface area contributed by atoms with Crippen molar-refractivity contribution in [2.24, 2.45) is 0 Å². The van der Waals surface area contributed by atoms with Gasteiger partial charge >= 0.3 is 6.18 Å².